The maximum Gasteiger partial charge on any atom is 0.420 e. The first kappa shape index (κ1) is 22.4. The molecule has 3 aromatic rings. The van der Waals surface area contributed by atoms with Gasteiger partial charge in [0.05, 0.1) is 23.7 Å². The fourth-order valence-electron chi connectivity index (χ4n) is 4.34. The molecule has 1 aliphatic carbocycles. The number of aryl methyl sites for hydroxylation is 1. The molecular weight excluding hydrogens is 443 g/mol. The molecule has 5 nitrogen and oxygen atoms in total. The van der Waals surface area contributed by atoms with Crippen molar-refractivity contribution in [3.05, 3.63) is 65.1 Å². The van der Waals surface area contributed by atoms with Crippen molar-refractivity contribution in [2.24, 2.45) is 5.92 Å². The number of ether oxygens (including phenoxy) is 1. The smallest absolute Gasteiger partial charge is 0.420 e. The summed E-state index contributed by atoms with van der Waals surface area (Å²) in [5.41, 5.74) is -1.60. The van der Waals surface area contributed by atoms with Crippen LogP contribution in [0.1, 0.15) is 29.9 Å². The zero-order valence-electron chi connectivity index (χ0n) is 17.6. The van der Waals surface area contributed by atoms with Crippen LogP contribution in [0.5, 0.6) is 5.75 Å². The highest BCUT2D eigenvalue weighted by atomic mass is 35.5. The second-order valence-electron chi connectivity index (χ2n) is 7.85. The fraction of sp³-hybridized carbons (Fsp3) is 0.304. The Balaban J connectivity index is 1.98. The van der Waals surface area contributed by atoms with Crippen LogP contribution in [0.15, 0.2) is 43.1 Å². The number of anilines is 1. The molecule has 3 unspecified atom stereocenters. The first-order chi connectivity index (χ1) is 15.0. The lowest BCUT2D eigenvalue weighted by Crippen LogP contribution is -2.59. The van der Waals surface area contributed by atoms with E-state index in [4.69, 9.17) is 16.3 Å². The Bertz CT molecular complexity index is 1230. The van der Waals surface area contributed by atoms with Gasteiger partial charge in [-0.25, -0.2) is 9.97 Å². The molecule has 0 amide bonds. The van der Waals surface area contributed by atoms with Crippen LogP contribution in [0.4, 0.5) is 18.9 Å². The van der Waals surface area contributed by atoms with Gasteiger partial charge in [0.1, 0.15) is 11.6 Å². The molecule has 32 heavy (non-hydrogen) atoms. The van der Waals surface area contributed by atoms with Crippen molar-refractivity contribution in [2.75, 3.05) is 12.4 Å². The van der Waals surface area contributed by atoms with Gasteiger partial charge in [0.25, 0.3) is 0 Å². The van der Waals surface area contributed by atoms with Crippen molar-refractivity contribution in [1.82, 2.24) is 9.97 Å². The molecule has 2 aromatic carbocycles. The highest BCUT2D eigenvalue weighted by Gasteiger charge is 2.65. The topological polar surface area (TPSA) is 67.3 Å². The van der Waals surface area contributed by atoms with E-state index in [0.29, 0.717) is 28.0 Å². The molecule has 0 spiro atoms. The molecule has 3 atom stereocenters. The molecule has 0 radical (unpaired) electrons. The molecule has 0 bridgehead atoms. The summed E-state index contributed by atoms with van der Waals surface area (Å²) in [5.74, 6) is -0.629. The minimum Gasteiger partial charge on any atom is -0.495 e. The van der Waals surface area contributed by atoms with Gasteiger partial charge in [-0.3, -0.25) is 0 Å². The highest BCUT2D eigenvalue weighted by Crippen LogP contribution is 2.57. The summed E-state index contributed by atoms with van der Waals surface area (Å²) < 4.78 is 48.6. The second-order valence-corrected chi connectivity index (χ2v) is 8.26. The second kappa shape index (κ2) is 7.64. The summed E-state index contributed by atoms with van der Waals surface area (Å²) in [4.78, 5) is 8.51. The number of nitrogens with one attached hydrogen (secondary N) is 1. The largest absolute Gasteiger partial charge is 0.495 e. The van der Waals surface area contributed by atoms with Gasteiger partial charge in [-0.15, -0.1) is 0 Å². The van der Waals surface area contributed by atoms with E-state index in [2.05, 4.69) is 21.9 Å². The van der Waals surface area contributed by atoms with Crippen LogP contribution >= 0.6 is 11.6 Å². The van der Waals surface area contributed by atoms with Crippen molar-refractivity contribution in [2.45, 2.75) is 31.7 Å². The number of aliphatic hydroxyl groups is 1. The number of hydrogen-bond acceptors (Lipinski definition) is 5. The Kier molecular flexibility index (Phi) is 5.33. The number of nitrogens with zero attached hydrogens (tertiary/aromatic N) is 2. The average Bonchev–Trinajstić information content (AvgIpc) is 2.74. The van der Waals surface area contributed by atoms with Crippen molar-refractivity contribution in [3.63, 3.8) is 0 Å². The molecule has 0 saturated heterocycles. The van der Waals surface area contributed by atoms with E-state index in [0.717, 1.165) is 0 Å². The quantitative estimate of drug-likeness (QED) is 0.520. The van der Waals surface area contributed by atoms with E-state index >= 15 is 0 Å². The molecule has 0 saturated carbocycles. The van der Waals surface area contributed by atoms with Gasteiger partial charge in [-0.2, -0.15) is 13.2 Å². The van der Waals surface area contributed by atoms with Gasteiger partial charge in [-0.1, -0.05) is 37.2 Å². The summed E-state index contributed by atoms with van der Waals surface area (Å²) in [7, 11) is 1.39. The van der Waals surface area contributed by atoms with Crippen molar-refractivity contribution < 1.29 is 23.0 Å². The molecule has 0 fully saturated rings. The third-order valence-corrected chi connectivity index (χ3v) is 6.40. The fourth-order valence-corrected chi connectivity index (χ4v) is 4.57. The number of benzene rings is 2. The summed E-state index contributed by atoms with van der Waals surface area (Å²) in [6.07, 6.45) is -3.42. The van der Waals surface area contributed by atoms with E-state index in [9.17, 15) is 18.3 Å². The molecule has 1 aliphatic rings. The number of methoxy groups -OCH3 is 1. The third kappa shape index (κ3) is 3.20. The maximum absolute atomic E-state index is 14.4. The van der Waals surface area contributed by atoms with Gasteiger partial charge in [0, 0.05) is 28.8 Å². The number of aromatic nitrogens is 2. The van der Waals surface area contributed by atoms with Crippen LogP contribution in [0.2, 0.25) is 5.02 Å². The Morgan fingerprint density at radius 2 is 1.97 bits per heavy atom. The lowest BCUT2D eigenvalue weighted by Gasteiger charge is -2.48. The molecule has 1 aromatic heterocycles. The van der Waals surface area contributed by atoms with Gasteiger partial charge in [0.2, 0.25) is 0 Å². The highest BCUT2D eigenvalue weighted by molar-refractivity contribution is 6.32. The Hall–Kier alpha value is -2.84. The molecule has 0 aliphatic heterocycles. The standard InChI is InChI=1S/C23H21ClF3N3O2/c1-11-12(2)22(31,23(25,26)27)21(14-8-9-16(24)20(32-4)19(11)14)30-18-7-5-6-17-15(18)10-28-13(3)29-17/h5-10,12,21,30-31H,1H2,2-4H3. The number of hydrogen-bond donors (Lipinski definition) is 2. The van der Waals surface area contributed by atoms with E-state index in [1.165, 1.54) is 26.2 Å². The van der Waals surface area contributed by atoms with E-state index in [1.807, 2.05) is 0 Å². The van der Waals surface area contributed by atoms with Gasteiger partial charge < -0.3 is 15.2 Å². The first-order valence-electron chi connectivity index (χ1n) is 9.84. The van der Waals surface area contributed by atoms with E-state index in [-0.39, 0.29) is 21.9 Å². The minimum absolute atomic E-state index is 0.0918. The Labute approximate surface area is 187 Å². The predicted molar refractivity (Wildman–Crippen MR) is 118 cm³/mol. The van der Waals surface area contributed by atoms with Crippen molar-refractivity contribution in [1.29, 1.82) is 0 Å². The Morgan fingerprint density at radius 3 is 2.62 bits per heavy atom. The zero-order chi connectivity index (χ0) is 23.4. The van der Waals surface area contributed by atoms with Gasteiger partial charge in [0.15, 0.2) is 5.60 Å². The van der Waals surface area contributed by atoms with E-state index < -0.39 is 23.7 Å². The van der Waals surface area contributed by atoms with E-state index in [1.54, 1.807) is 31.3 Å². The molecular formula is C23H21ClF3N3O2. The monoisotopic (exact) mass is 463 g/mol. The number of alkyl halides is 3. The van der Waals surface area contributed by atoms with Crippen LogP contribution in [0, 0.1) is 12.8 Å². The van der Waals surface area contributed by atoms with Crippen LogP contribution in [0.25, 0.3) is 16.5 Å². The number of fused-ring (bicyclic) bond motifs is 2. The molecule has 2 N–H and O–H groups in total. The van der Waals surface area contributed by atoms with Crippen LogP contribution < -0.4 is 10.1 Å². The SMILES string of the molecule is C=C1c2c(ccc(Cl)c2OC)C(Nc2cccc3nc(C)ncc23)C(O)(C(F)(F)F)C1C. The summed E-state index contributed by atoms with van der Waals surface area (Å²) in [5, 5.41) is 14.9. The van der Waals surface area contributed by atoms with Crippen molar-refractivity contribution >= 4 is 33.8 Å². The summed E-state index contributed by atoms with van der Waals surface area (Å²) >= 11 is 6.25. The number of halogens is 4. The lowest BCUT2D eigenvalue weighted by atomic mass is 9.67. The predicted octanol–water partition coefficient (Wildman–Crippen LogP) is 5.71. The molecule has 4 rings (SSSR count). The number of rotatable bonds is 3. The molecule has 168 valence electrons. The minimum atomic E-state index is -4.96. The normalized spacial score (nSPS) is 23.2. The lowest BCUT2D eigenvalue weighted by molar-refractivity contribution is -0.279. The first-order valence-corrected chi connectivity index (χ1v) is 10.2. The zero-order valence-corrected chi connectivity index (χ0v) is 18.3. The summed E-state index contributed by atoms with van der Waals surface area (Å²) in [6.45, 7) is 6.87. The van der Waals surface area contributed by atoms with Crippen LogP contribution in [-0.4, -0.2) is 34.0 Å². The summed E-state index contributed by atoms with van der Waals surface area (Å²) in [6, 6.07) is 6.38. The van der Waals surface area contributed by atoms with Crippen LogP contribution in [0.3, 0.4) is 0 Å². The Morgan fingerprint density at radius 1 is 1.25 bits per heavy atom. The van der Waals surface area contributed by atoms with Gasteiger partial charge >= 0.3 is 6.18 Å². The van der Waals surface area contributed by atoms with Gasteiger partial charge in [-0.05, 0) is 36.3 Å². The average molecular weight is 464 g/mol. The van der Waals surface area contributed by atoms with Crippen molar-refractivity contribution in [3.8, 4) is 5.75 Å². The molecule has 9 heteroatoms. The third-order valence-electron chi connectivity index (χ3n) is 6.10. The maximum atomic E-state index is 14.4. The molecule has 1 heterocycles. The van der Waals surface area contributed by atoms with Crippen LogP contribution in [-0.2, 0) is 0 Å².